The van der Waals surface area contributed by atoms with Gasteiger partial charge in [-0.15, -0.1) is 0 Å². The lowest BCUT2D eigenvalue weighted by molar-refractivity contribution is 0.662. The van der Waals surface area contributed by atoms with Crippen LogP contribution < -0.4 is 0 Å². The van der Waals surface area contributed by atoms with Crippen LogP contribution in [0.4, 0.5) is 0 Å². The van der Waals surface area contributed by atoms with Gasteiger partial charge in [-0.2, -0.15) is 0 Å². The van der Waals surface area contributed by atoms with Crippen molar-refractivity contribution < 1.29 is 0 Å². The number of aromatic nitrogens is 3. The Morgan fingerprint density at radius 1 is 0.400 bits per heavy atom. The Morgan fingerprint density at radius 3 is 1.71 bits per heavy atom. The molecule has 9 aromatic rings. The monoisotopic (exact) mass is 703 g/mol. The largest absolute Gasteiger partial charge is 0.256 e. The summed E-state index contributed by atoms with van der Waals surface area (Å²) in [5.41, 5.74) is 16.8. The maximum atomic E-state index is 5.12. The lowest BCUT2D eigenvalue weighted by Crippen LogP contribution is -2.16. The molecule has 0 unspecified atom stereocenters. The molecule has 3 heteroatoms. The van der Waals surface area contributed by atoms with Gasteiger partial charge in [-0.05, 0) is 61.8 Å². The van der Waals surface area contributed by atoms with Crippen LogP contribution in [0.5, 0.6) is 0 Å². The summed E-state index contributed by atoms with van der Waals surface area (Å²) in [5.74, 6) is 0.700. The lowest BCUT2D eigenvalue weighted by Gasteiger charge is -2.25. The van der Waals surface area contributed by atoms with Crippen molar-refractivity contribution in [2.75, 3.05) is 0 Å². The molecule has 0 saturated carbocycles. The molecule has 2 heterocycles. The number of pyridine rings is 1. The molecule has 0 aliphatic heterocycles. The average Bonchev–Trinajstić information content (AvgIpc) is 3.50. The summed E-state index contributed by atoms with van der Waals surface area (Å²) in [6.07, 6.45) is 1.91. The maximum absolute atomic E-state index is 5.12. The van der Waals surface area contributed by atoms with Gasteiger partial charge >= 0.3 is 0 Å². The highest BCUT2D eigenvalue weighted by molar-refractivity contribution is 5.97. The van der Waals surface area contributed by atoms with Gasteiger partial charge in [0.2, 0.25) is 0 Å². The first-order valence-corrected chi connectivity index (χ1v) is 18.9. The second-order valence-corrected chi connectivity index (χ2v) is 14.8. The van der Waals surface area contributed by atoms with Crippen molar-refractivity contribution in [2.24, 2.45) is 0 Å². The van der Waals surface area contributed by atoms with E-state index in [1.807, 2.05) is 30.5 Å². The van der Waals surface area contributed by atoms with Gasteiger partial charge in [-0.1, -0.05) is 184 Å². The van der Waals surface area contributed by atoms with Crippen LogP contribution in [0.1, 0.15) is 25.0 Å². The van der Waals surface area contributed by atoms with Crippen LogP contribution in [0.2, 0.25) is 0 Å². The third kappa shape index (κ3) is 5.64. The Hall–Kier alpha value is -6.97. The molecule has 55 heavy (non-hydrogen) atoms. The fourth-order valence-corrected chi connectivity index (χ4v) is 8.48. The molecule has 0 bridgehead atoms. The van der Waals surface area contributed by atoms with Crippen LogP contribution in [0.3, 0.4) is 0 Å². The zero-order chi connectivity index (χ0) is 36.9. The first-order valence-electron chi connectivity index (χ1n) is 18.9. The van der Waals surface area contributed by atoms with Gasteiger partial charge in [0, 0.05) is 39.4 Å². The van der Waals surface area contributed by atoms with Crippen molar-refractivity contribution in [1.82, 2.24) is 15.0 Å². The Morgan fingerprint density at radius 2 is 0.945 bits per heavy atom. The van der Waals surface area contributed by atoms with Gasteiger partial charge in [0.15, 0.2) is 5.82 Å². The van der Waals surface area contributed by atoms with Crippen LogP contribution in [-0.2, 0) is 5.41 Å². The molecule has 0 radical (unpaired) electrons. The lowest BCUT2D eigenvalue weighted by atomic mass is 9.79. The minimum atomic E-state index is -0.140. The van der Waals surface area contributed by atoms with E-state index in [2.05, 4.69) is 172 Å². The molecule has 0 saturated heterocycles. The van der Waals surface area contributed by atoms with E-state index in [1.54, 1.807) is 0 Å². The van der Waals surface area contributed by atoms with Gasteiger partial charge in [-0.25, -0.2) is 9.97 Å². The van der Waals surface area contributed by atoms with Gasteiger partial charge in [0.25, 0.3) is 0 Å². The predicted molar refractivity (Wildman–Crippen MR) is 228 cm³/mol. The fraction of sp³-hybridized carbons (Fsp3) is 0.0577. The molecule has 0 spiro atoms. The fourth-order valence-electron chi connectivity index (χ4n) is 8.48. The van der Waals surface area contributed by atoms with Gasteiger partial charge in [0.05, 0.1) is 17.1 Å². The average molecular weight is 704 g/mol. The molecular weight excluding hydrogens is 667 g/mol. The number of benzene rings is 7. The first-order chi connectivity index (χ1) is 27.0. The molecule has 10 rings (SSSR count). The number of fused-ring (bicyclic) bond motifs is 4. The highest BCUT2D eigenvalue weighted by Gasteiger charge is 2.37. The van der Waals surface area contributed by atoms with Crippen LogP contribution >= 0.6 is 0 Å². The Labute approximate surface area is 321 Å². The highest BCUT2D eigenvalue weighted by Crippen LogP contribution is 2.52. The quantitative estimate of drug-likeness (QED) is 0.173. The number of hydrogen-bond acceptors (Lipinski definition) is 3. The topological polar surface area (TPSA) is 38.7 Å². The van der Waals surface area contributed by atoms with Crippen molar-refractivity contribution in [3.63, 3.8) is 0 Å². The van der Waals surface area contributed by atoms with Crippen LogP contribution in [0.25, 0.3) is 89.3 Å². The summed E-state index contributed by atoms with van der Waals surface area (Å²) >= 11 is 0. The predicted octanol–water partition coefficient (Wildman–Crippen LogP) is 13.3. The van der Waals surface area contributed by atoms with Crippen LogP contribution in [0.15, 0.2) is 188 Å². The molecule has 1 aliphatic rings. The zero-order valence-corrected chi connectivity index (χ0v) is 30.7. The van der Waals surface area contributed by atoms with E-state index in [4.69, 9.17) is 15.0 Å². The molecule has 0 amide bonds. The van der Waals surface area contributed by atoms with E-state index in [9.17, 15) is 0 Å². The molecule has 260 valence electrons. The van der Waals surface area contributed by atoms with Crippen molar-refractivity contribution in [2.45, 2.75) is 19.3 Å². The van der Waals surface area contributed by atoms with Crippen molar-refractivity contribution >= 4 is 10.8 Å². The minimum absolute atomic E-state index is 0.140. The third-order valence-electron chi connectivity index (χ3n) is 11.2. The first kappa shape index (κ1) is 32.7. The van der Waals surface area contributed by atoms with E-state index in [-0.39, 0.29) is 5.41 Å². The summed E-state index contributed by atoms with van der Waals surface area (Å²) < 4.78 is 0. The smallest absolute Gasteiger partial charge is 0.160 e. The molecule has 7 aromatic carbocycles. The minimum Gasteiger partial charge on any atom is -0.256 e. The number of hydrogen-bond donors (Lipinski definition) is 0. The van der Waals surface area contributed by atoms with E-state index < -0.39 is 0 Å². The maximum Gasteiger partial charge on any atom is 0.160 e. The summed E-state index contributed by atoms with van der Waals surface area (Å²) in [6.45, 7) is 4.66. The molecule has 3 nitrogen and oxygen atoms in total. The van der Waals surface area contributed by atoms with Gasteiger partial charge < -0.3 is 0 Å². The highest BCUT2D eigenvalue weighted by atomic mass is 14.9. The van der Waals surface area contributed by atoms with Gasteiger partial charge in [0.1, 0.15) is 0 Å². The number of nitrogens with zero attached hydrogens (tertiary/aromatic N) is 3. The second kappa shape index (κ2) is 13.2. The number of rotatable bonds is 6. The van der Waals surface area contributed by atoms with Crippen LogP contribution in [0, 0.1) is 0 Å². The summed E-state index contributed by atoms with van der Waals surface area (Å²) in [5, 5.41) is 2.48. The Kier molecular flexibility index (Phi) is 7.81. The zero-order valence-electron chi connectivity index (χ0n) is 30.7. The van der Waals surface area contributed by atoms with E-state index in [1.165, 1.54) is 49.7 Å². The molecule has 0 fully saturated rings. The SMILES string of the molecule is CC1(C)c2ccccc2-c2cccc(-c3ncccc3-c3ccc(-c4cc(-c5ccc(-c6cccc7ccccc67)cc5)nc(-c5ccccc5)n4)cc3)c21. The summed E-state index contributed by atoms with van der Waals surface area (Å²) in [4.78, 5) is 15.2. The van der Waals surface area contributed by atoms with Gasteiger partial charge in [-0.3, -0.25) is 4.98 Å². The van der Waals surface area contributed by atoms with Crippen molar-refractivity contribution in [3.8, 4) is 78.5 Å². The second-order valence-electron chi connectivity index (χ2n) is 14.8. The Balaban J connectivity index is 1.03. The van der Waals surface area contributed by atoms with Crippen molar-refractivity contribution in [3.05, 3.63) is 199 Å². The van der Waals surface area contributed by atoms with Crippen molar-refractivity contribution in [1.29, 1.82) is 0 Å². The molecule has 0 N–H and O–H groups in total. The van der Waals surface area contributed by atoms with E-state index in [0.29, 0.717) is 5.82 Å². The van der Waals surface area contributed by atoms with E-state index in [0.717, 1.165) is 44.9 Å². The third-order valence-corrected chi connectivity index (χ3v) is 11.2. The molecule has 1 aliphatic carbocycles. The van der Waals surface area contributed by atoms with E-state index >= 15 is 0 Å². The summed E-state index contributed by atoms with van der Waals surface area (Å²) in [7, 11) is 0. The molecular formula is C52H37N3. The normalized spacial score (nSPS) is 12.7. The summed E-state index contributed by atoms with van der Waals surface area (Å²) in [6, 6.07) is 64.5. The Bertz CT molecular complexity index is 2870. The molecule has 0 atom stereocenters. The molecule has 2 aromatic heterocycles. The van der Waals surface area contributed by atoms with Crippen LogP contribution in [-0.4, -0.2) is 15.0 Å². The standard InChI is InChI=1S/C52H37N3/c1-52(2)46-23-9-8-18-43(46)44-20-11-21-45(49(44)52)50-42(22-12-32-53-50)36-26-30-38(31-27-36)48-33-47(54-51(55-48)39-14-4-3-5-15-39)37-28-24-35(25-29-37)41-19-10-16-34-13-6-7-17-40(34)41/h3-33H,1-2H3.